The van der Waals surface area contributed by atoms with Crippen LogP contribution in [0.3, 0.4) is 0 Å². The standard InChI is InChI=1S/C6H15NO2/c1-3-4-5(2)6(7,8)9/h5,8-9H,3-4,7H2,1-2H3. The van der Waals surface area contributed by atoms with E-state index in [9.17, 15) is 0 Å². The Morgan fingerprint density at radius 3 is 2.11 bits per heavy atom. The van der Waals surface area contributed by atoms with Gasteiger partial charge < -0.3 is 10.2 Å². The lowest BCUT2D eigenvalue weighted by Gasteiger charge is -2.22. The average molecular weight is 133 g/mol. The van der Waals surface area contributed by atoms with Gasteiger partial charge in [-0.1, -0.05) is 20.3 Å². The summed E-state index contributed by atoms with van der Waals surface area (Å²) in [6, 6.07) is 0. The molecule has 0 bridgehead atoms. The lowest BCUT2D eigenvalue weighted by molar-refractivity contribution is -0.192. The van der Waals surface area contributed by atoms with Gasteiger partial charge in [0.1, 0.15) is 0 Å². The van der Waals surface area contributed by atoms with Crippen LogP contribution in [0.25, 0.3) is 0 Å². The van der Waals surface area contributed by atoms with E-state index in [4.69, 9.17) is 15.9 Å². The number of hydrogen-bond acceptors (Lipinski definition) is 3. The van der Waals surface area contributed by atoms with Crippen molar-refractivity contribution in [3.63, 3.8) is 0 Å². The number of hydrogen-bond donors (Lipinski definition) is 3. The van der Waals surface area contributed by atoms with E-state index in [0.29, 0.717) is 0 Å². The van der Waals surface area contributed by atoms with E-state index in [2.05, 4.69) is 0 Å². The predicted octanol–water partition coefficient (Wildman–Crippen LogP) is 0.0197. The van der Waals surface area contributed by atoms with Crippen molar-refractivity contribution in [2.75, 3.05) is 0 Å². The minimum absolute atomic E-state index is 0.248. The van der Waals surface area contributed by atoms with E-state index in [1.165, 1.54) is 0 Å². The molecule has 0 amide bonds. The fourth-order valence-electron chi connectivity index (χ4n) is 0.645. The summed E-state index contributed by atoms with van der Waals surface area (Å²) in [6.45, 7) is 3.69. The van der Waals surface area contributed by atoms with Gasteiger partial charge in [-0.2, -0.15) is 0 Å². The van der Waals surface area contributed by atoms with Crippen LogP contribution in [0.5, 0.6) is 0 Å². The van der Waals surface area contributed by atoms with E-state index in [1.54, 1.807) is 6.92 Å². The highest BCUT2D eigenvalue weighted by Gasteiger charge is 2.24. The summed E-state index contributed by atoms with van der Waals surface area (Å²) in [4.78, 5) is 0. The Hall–Kier alpha value is -0.120. The quantitative estimate of drug-likeness (QED) is 0.475. The molecule has 1 atom stereocenters. The fraction of sp³-hybridized carbons (Fsp3) is 1.00. The monoisotopic (exact) mass is 133 g/mol. The first kappa shape index (κ1) is 8.88. The fourth-order valence-corrected chi connectivity index (χ4v) is 0.645. The van der Waals surface area contributed by atoms with E-state index < -0.39 is 5.91 Å². The zero-order valence-corrected chi connectivity index (χ0v) is 5.96. The maximum absolute atomic E-state index is 8.75. The molecule has 0 aliphatic rings. The van der Waals surface area contributed by atoms with Crippen molar-refractivity contribution in [3.8, 4) is 0 Å². The topological polar surface area (TPSA) is 66.5 Å². The molecule has 0 saturated carbocycles. The van der Waals surface area contributed by atoms with Crippen LogP contribution in [-0.2, 0) is 0 Å². The van der Waals surface area contributed by atoms with Crippen LogP contribution in [-0.4, -0.2) is 16.1 Å². The highest BCUT2D eigenvalue weighted by molar-refractivity contribution is 4.63. The van der Waals surface area contributed by atoms with Gasteiger partial charge in [0.15, 0.2) is 0 Å². The molecule has 3 heteroatoms. The molecule has 0 aromatic heterocycles. The molecule has 0 aliphatic carbocycles. The highest BCUT2D eigenvalue weighted by atomic mass is 16.5. The third-order valence-corrected chi connectivity index (χ3v) is 1.45. The molecule has 56 valence electrons. The molecular formula is C6H15NO2. The Labute approximate surface area is 55.5 Å². The maximum atomic E-state index is 8.75. The summed E-state index contributed by atoms with van der Waals surface area (Å²) in [7, 11) is 0. The van der Waals surface area contributed by atoms with Crippen molar-refractivity contribution in [1.29, 1.82) is 0 Å². The Bertz CT molecular complexity index is 77.6. The molecule has 3 nitrogen and oxygen atoms in total. The molecule has 0 saturated heterocycles. The second-order valence-electron chi connectivity index (χ2n) is 2.47. The van der Waals surface area contributed by atoms with Gasteiger partial charge in [0.25, 0.3) is 0 Å². The third kappa shape index (κ3) is 3.46. The largest absolute Gasteiger partial charge is 0.353 e. The van der Waals surface area contributed by atoms with E-state index in [-0.39, 0.29) is 5.92 Å². The van der Waals surface area contributed by atoms with Crippen molar-refractivity contribution in [2.45, 2.75) is 32.6 Å². The second-order valence-corrected chi connectivity index (χ2v) is 2.47. The van der Waals surface area contributed by atoms with Gasteiger partial charge in [-0.15, -0.1) is 0 Å². The molecule has 0 aromatic rings. The van der Waals surface area contributed by atoms with Crippen molar-refractivity contribution in [2.24, 2.45) is 11.7 Å². The Kier molecular flexibility index (Phi) is 3.11. The average Bonchev–Trinajstić information content (AvgIpc) is 1.64. The molecule has 0 heterocycles. The Morgan fingerprint density at radius 1 is 1.56 bits per heavy atom. The molecule has 0 fully saturated rings. The van der Waals surface area contributed by atoms with Gasteiger partial charge in [-0.05, 0) is 6.42 Å². The van der Waals surface area contributed by atoms with Crippen molar-refractivity contribution < 1.29 is 10.2 Å². The first-order valence-corrected chi connectivity index (χ1v) is 3.22. The van der Waals surface area contributed by atoms with Gasteiger partial charge >= 0.3 is 0 Å². The second kappa shape index (κ2) is 3.15. The summed E-state index contributed by atoms with van der Waals surface area (Å²) in [5.74, 6) is -2.24. The van der Waals surface area contributed by atoms with Gasteiger partial charge in [0.05, 0.1) is 0 Å². The molecule has 0 aliphatic heterocycles. The maximum Gasteiger partial charge on any atom is 0.222 e. The first-order valence-electron chi connectivity index (χ1n) is 3.22. The summed E-state index contributed by atoms with van der Waals surface area (Å²) < 4.78 is 0. The van der Waals surface area contributed by atoms with Crippen LogP contribution in [0.15, 0.2) is 0 Å². The molecule has 0 spiro atoms. The number of rotatable bonds is 3. The van der Waals surface area contributed by atoms with Crippen LogP contribution < -0.4 is 5.73 Å². The molecule has 4 N–H and O–H groups in total. The van der Waals surface area contributed by atoms with Gasteiger partial charge in [0.2, 0.25) is 5.91 Å². The normalized spacial score (nSPS) is 15.7. The van der Waals surface area contributed by atoms with E-state index >= 15 is 0 Å². The van der Waals surface area contributed by atoms with Gasteiger partial charge in [-0.3, -0.25) is 5.73 Å². The SMILES string of the molecule is CCCC(C)C(N)(O)O. The molecule has 0 rings (SSSR count). The van der Waals surface area contributed by atoms with Crippen LogP contribution in [0.4, 0.5) is 0 Å². The lowest BCUT2D eigenvalue weighted by atomic mass is 10.0. The van der Waals surface area contributed by atoms with Crippen LogP contribution in [0.1, 0.15) is 26.7 Å². The smallest absolute Gasteiger partial charge is 0.222 e. The minimum atomic E-state index is -1.99. The number of aliphatic hydroxyl groups is 2. The molecule has 1 unspecified atom stereocenters. The lowest BCUT2D eigenvalue weighted by Crippen LogP contribution is -2.45. The highest BCUT2D eigenvalue weighted by Crippen LogP contribution is 2.13. The molecular weight excluding hydrogens is 118 g/mol. The van der Waals surface area contributed by atoms with E-state index in [0.717, 1.165) is 12.8 Å². The van der Waals surface area contributed by atoms with Gasteiger partial charge in [-0.25, -0.2) is 0 Å². The van der Waals surface area contributed by atoms with Crippen LogP contribution in [0.2, 0.25) is 0 Å². The van der Waals surface area contributed by atoms with Crippen molar-refractivity contribution >= 4 is 0 Å². The van der Waals surface area contributed by atoms with Gasteiger partial charge in [0, 0.05) is 5.92 Å². The zero-order chi connectivity index (χ0) is 7.49. The third-order valence-electron chi connectivity index (χ3n) is 1.45. The Morgan fingerprint density at radius 2 is 2.00 bits per heavy atom. The van der Waals surface area contributed by atoms with Crippen molar-refractivity contribution in [3.05, 3.63) is 0 Å². The molecule has 0 radical (unpaired) electrons. The molecule has 9 heavy (non-hydrogen) atoms. The van der Waals surface area contributed by atoms with Crippen molar-refractivity contribution in [1.82, 2.24) is 0 Å². The summed E-state index contributed by atoms with van der Waals surface area (Å²) in [5, 5.41) is 17.5. The Balaban J connectivity index is 3.59. The molecule has 0 aromatic carbocycles. The zero-order valence-electron chi connectivity index (χ0n) is 5.96. The predicted molar refractivity (Wildman–Crippen MR) is 35.4 cm³/mol. The number of nitrogens with two attached hydrogens (primary N) is 1. The van der Waals surface area contributed by atoms with E-state index in [1.807, 2.05) is 6.92 Å². The van der Waals surface area contributed by atoms with Crippen LogP contribution in [0, 0.1) is 5.92 Å². The minimum Gasteiger partial charge on any atom is -0.353 e. The first-order chi connectivity index (χ1) is 3.98. The summed E-state index contributed by atoms with van der Waals surface area (Å²) in [6.07, 6.45) is 1.66. The summed E-state index contributed by atoms with van der Waals surface area (Å²) in [5.41, 5.74) is 4.98. The summed E-state index contributed by atoms with van der Waals surface area (Å²) >= 11 is 0. The van der Waals surface area contributed by atoms with Crippen LogP contribution >= 0.6 is 0 Å².